The van der Waals surface area contributed by atoms with E-state index in [9.17, 15) is 14.7 Å². The molecule has 0 aliphatic carbocycles. The van der Waals surface area contributed by atoms with Crippen LogP contribution in [0.2, 0.25) is 5.15 Å². The third-order valence-electron chi connectivity index (χ3n) is 5.31. The fraction of sp³-hybridized carbons (Fsp3) is 0.500. The number of aromatic hydroxyl groups is 1. The average molecular weight is 467 g/mol. The number of ether oxygens (including phenoxy) is 4. The van der Waals surface area contributed by atoms with Crippen molar-refractivity contribution in [3.8, 4) is 28.6 Å². The Labute approximate surface area is 190 Å². The molecule has 3 rings (SSSR count). The van der Waals surface area contributed by atoms with Gasteiger partial charge in [0.1, 0.15) is 11.4 Å². The molecule has 9 nitrogen and oxygen atoms in total. The summed E-state index contributed by atoms with van der Waals surface area (Å²) >= 11 is 6.35. The van der Waals surface area contributed by atoms with Crippen LogP contribution in [0.3, 0.4) is 0 Å². The van der Waals surface area contributed by atoms with Gasteiger partial charge in [0.2, 0.25) is 0 Å². The SMILES string of the molecule is COCCCOc1cc2c(nc1Cl)-c1[nH]c(=O)c(C(=O)OC)c(O)c1C(C(C)(C)C)CO2. The van der Waals surface area contributed by atoms with Crippen molar-refractivity contribution >= 4 is 17.6 Å². The molecular formula is C22H27ClN2O7. The molecule has 2 aromatic heterocycles. The van der Waals surface area contributed by atoms with Crippen LogP contribution in [0.4, 0.5) is 0 Å². The van der Waals surface area contributed by atoms with E-state index in [1.807, 2.05) is 20.8 Å². The Balaban J connectivity index is 2.20. The molecule has 10 heteroatoms. The molecule has 1 unspecified atom stereocenters. The van der Waals surface area contributed by atoms with E-state index in [-0.39, 0.29) is 23.1 Å². The highest BCUT2D eigenvalue weighted by molar-refractivity contribution is 6.31. The van der Waals surface area contributed by atoms with Crippen molar-refractivity contribution in [1.29, 1.82) is 0 Å². The lowest BCUT2D eigenvalue weighted by Gasteiger charge is -2.31. The summed E-state index contributed by atoms with van der Waals surface area (Å²) in [5.41, 5.74) is -0.846. The van der Waals surface area contributed by atoms with E-state index < -0.39 is 34.2 Å². The molecule has 32 heavy (non-hydrogen) atoms. The Kier molecular flexibility index (Phi) is 7.00. The topological polar surface area (TPSA) is 120 Å². The van der Waals surface area contributed by atoms with Crippen LogP contribution in [-0.4, -0.2) is 55.1 Å². The van der Waals surface area contributed by atoms with E-state index in [0.29, 0.717) is 36.7 Å². The van der Waals surface area contributed by atoms with Crippen molar-refractivity contribution in [2.45, 2.75) is 33.1 Å². The molecule has 0 bridgehead atoms. The molecule has 0 saturated carbocycles. The Morgan fingerprint density at radius 3 is 2.69 bits per heavy atom. The zero-order valence-corrected chi connectivity index (χ0v) is 19.5. The lowest BCUT2D eigenvalue weighted by molar-refractivity contribution is 0.0594. The molecule has 1 aliphatic rings. The fourth-order valence-corrected chi connectivity index (χ4v) is 3.79. The average Bonchev–Trinajstić information content (AvgIpc) is 2.88. The Hall–Kier alpha value is -2.78. The highest BCUT2D eigenvalue weighted by Gasteiger charge is 2.38. The van der Waals surface area contributed by atoms with Crippen molar-refractivity contribution < 1.29 is 28.8 Å². The van der Waals surface area contributed by atoms with Crippen molar-refractivity contribution in [2.75, 3.05) is 34.0 Å². The number of hydrogen-bond donors (Lipinski definition) is 2. The zero-order chi connectivity index (χ0) is 23.6. The number of nitrogens with zero attached hydrogens (tertiary/aromatic N) is 1. The molecule has 0 spiro atoms. The summed E-state index contributed by atoms with van der Waals surface area (Å²) < 4.78 is 21.4. The van der Waals surface area contributed by atoms with Gasteiger partial charge in [-0.05, 0) is 5.41 Å². The highest BCUT2D eigenvalue weighted by Crippen LogP contribution is 2.48. The van der Waals surface area contributed by atoms with Crippen molar-refractivity contribution in [1.82, 2.24) is 9.97 Å². The Morgan fingerprint density at radius 1 is 1.34 bits per heavy atom. The molecule has 1 aliphatic heterocycles. The summed E-state index contributed by atoms with van der Waals surface area (Å²) in [6.45, 7) is 6.97. The number of nitrogens with one attached hydrogen (secondary N) is 1. The Bertz CT molecular complexity index is 1080. The fourth-order valence-electron chi connectivity index (χ4n) is 3.59. The number of aromatic nitrogens is 2. The van der Waals surface area contributed by atoms with Gasteiger partial charge in [-0.25, -0.2) is 9.78 Å². The second-order valence-electron chi connectivity index (χ2n) is 8.51. The second-order valence-corrected chi connectivity index (χ2v) is 8.86. The third kappa shape index (κ3) is 4.54. The monoisotopic (exact) mass is 466 g/mol. The maximum atomic E-state index is 12.7. The van der Waals surface area contributed by atoms with Crippen molar-refractivity contribution in [3.63, 3.8) is 0 Å². The van der Waals surface area contributed by atoms with E-state index in [1.54, 1.807) is 13.2 Å². The maximum Gasteiger partial charge on any atom is 0.347 e. The number of rotatable bonds is 6. The highest BCUT2D eigenvalue weighted by atomic mass is 35.5. The first kappa shape index (κ1) is 23.9. The van der Waals surface area contributed by atoms with Gasteiger partial charge in [0.25, 0.3) is 5.56 Å². The predicted octanol–water partition coefficient (Wildman–Crippen LogP) is 3.52. The van der Waals surface area contributed by atoms with Gasteiger partial charge in [-0.3, -0.25) is 4.79 Å². The van der Waals surface area contributed by atoms with E-state index in [1.165, 1.54) is 0 Å². The minimum Gasteiger partial charge on any atom is -0.506 e. The summed E-state index contributed by atoms with van der Waals surface area (Å²) in [7, 11) is 2.75. The first-order valence-electron chi connectivity index (χ1n) is 10.1. The second kappa shape index (κ2) is 9.38. The lowest BCUT2D eigenvalue weighted by Crippen LogP contribution is -2.27. The normalized spacial score (nSPS) is 15.2. The van der Waals surface area contributed by atoms with Gasteiger partial charge in [-0.15, -0.1) is 0 Å². The van der Waals surface area contributed by atoms with Gasteiger partial charge in [0, 0.05) is 37.7 Å². The van der Waals surface area contributed by atoms with Crippen LogP contribution in [0.5, 0.6) is 17.2 Å². The Morgan fingerprint density at radius 2 is 2.06 bits per heavy atom. The van der Waals surface area contributed by atoms with E-state index in [2.05, 4.69) is 14.7 Å². The van der Waals surface area contributed by atoms with Crippen LogP contribution in [0.1, 0.15) is 49.0 Å². The quantitative estimate of drug-likeness (QED) is 0.377. The molecule has 2 N–H and O–H groups in total. The van der Waals surface area contributed by atoms with Gasteiger partial charge in [0.15, 0.2) is 22.2 Å². The molecule has 0 amide bonds. The largest absolute Gasteiger partial charge is 0.506 e. The molecule has 0 fully saturated rings. The minimum atomic E-state index is -0.935. The number of carbonyl (C=O) groups is 1. The number of halogens is 1. The third-order valence-corrected chi connectivity index (χ3v) is 5.58. The molecular weight excluding hydrogens is 440 g/mol. The van der Waals surface area contributed by atoms with Crippen molar-refractivity contribution in [2.24, 2.45) is 5.41 Å². The van der Waals surface area contributed by atoms with Crippen LogP contribution in [0.25, 0.3) is 11.4 Å². The predicted molar refractivity (Wildman–Crippen MR) is 118 cm³/mol. The number of aromatic amines is 1. The van der Waals surface area contributed by atoms with Gasteiger partial charge in [0.05, 0.1) is 26.0 Å². The van der Waals surface area contributed by atoms with Crippen LogP contribution < -0.4 is 15.0 Å². The smallest absolute Gasteiger partial charge is 0.347 e. The van der Waals surface area contributed by atoms with Gasteiger partial charge in [-0.2, -0.15) is 0 Å². The standard InChI is InChI=1S/C22H27ClN2O7/c1-22(2,3)11-10-32-12-9-13(31-8-6-7-29-4)19(23)24-16(12)17-14(11)18(26)15(20(27)25-17)21(28)30-5/h9,11H,6-8,10H2,1-5H3,(H2,25,26,27). The van der Waals surface area contributed by atoms with Crippen LogP contribution >= 0.6 is 11.6 Å². The van der Waals surface area contributed by atoms with Gasteiger partial charge >= 0.3 is 5.97 Å². The van der Waals surface area contributed by atoms with Crippen LogP contribution in [0, 0.1) is 5.41 Å². The van der Waals surface area contributed by atoms with Gasteiger partial charge < -0.3 is 29.0 Å². The molecule has 0 radical (unpaired) electrons. The number of hydrogen-bond acceptors (Lipinski definition) is 8. The summed E-state index contributed by atoms with van der Waals surface area (Å²) in [5.74, 6) is -1.11. The minimum absolute atomic E-state index is 0.0716. The van der Waals surface area contributed by atoms with E-state index in [4.69, 9.17) is 25.8 Å². The zero-order valence-electron chi connectivity index (χ0n) is 18.7. The molecule has 2 aromatic rings. The first-order chi connectivity index (χ1) is 15.1. The molecule has 0 aromatic carbocycles. The van der Waals surface area contributed by atoms with E-state index >= 15 is 0 Å². The molecule has 0 saturated heterocycles. The lowest BCUT2D eigenvalue weighted by atomic mass is 9.75. The number of methoxy groups -OCH3 is 2. The first-order valence-corrected chi connectivity index (χ1v) is 10.5. The summed E-state index contributed by atoms with van der Waals surface area (Å²) in [4.78, 5) is 31.9. The van der Waals surface area contributed by atoms with Crippen LogP contribution in [0.15, 0.2) is 10.9 Å². The molecule has 174 valence electrons. The summed E-state index contributed by atoms with van der Waals surface area (Å²) in [6, 6.07) is 1.61. The summed E-state index contributed by atoms with van der Waals surface area (Å²) in [5, 5.41) is 11.1. The van der Waals surface area contributed by atoms with Crippen molar-refractivity contribution in [3.05, 3.63) is 32.7 Å². The molecule has 1 atom stereocenters. The summed E-state index contributed by atoms with van der Waals surface area (Å²) in [6.07, 6.45) is 0.664. The number of pyridine rings is 2. The number of H-pyrrole nitrogens is 1. The van der Waals surface area contributed by atoms with Crippen LogP contribution in [-0.2, 0) is 9.47 Å². The number of fused-ring (bicyclic) bond motifs is 3. The maximum absolute atomic E-state index is 12.7. The number of carbonyl (C=O) groups excluding carboxylic acids is 1. The van der Waals surface area contributed by atoms with Gasteiger partial charge in [-0.1, -0.05) is 32.4 Å². The molecule has 3 heterocycles. The van der Waals surface area contributed by atoms with E-state index in [0.717, 1.165) is 7.11 Å². The number of esters is 1.